The summed E-state index contributed by atoms with van der Waals surface area (Å²) in [5.41, 5.74) is 0.157. The second-order valence-electron chi connectivity index (χ2n) is 7.85. The van der Waals surface area contributed by atoms with Crippen molar-refractivity contribution in [2.24, 2.45) is 0 Å². The van der Waals surface area contributed by atoms with Crippen molar-refractivity contribution in [3.05, 3.63) is 40.7 Å². The molecule has 1 N–H and O–H groups in total. The molecule has 1 aromatic carbocycles. The molecule has 0 saturated heterocycles. The molecular weight excluding hydrogens is 423 g/mol. The van der Waals surface area contributed by atoms with E-state index in [2.05, 4.69) is 11.8 Å². The Bertz CT molecular complexity index is 901. The number of hydrogen-bond acceptors (Lipinski definition) is 6. The zero-order chi connectivity index (χ0) is 23.0. The molecule has 0 bridgehead atoms. The first kappa shape index (κ1) is 24.4. The van der Waals surface area contributed by atoms with Crippen molar-refractivity contribution in [2.75, 3.05) is 32.6 Å². The largest absolute Gasteiger partial charge is 0.490 e. The summed E-state index contributed by atoms with van der Waals surface area (Å²) in [5.74, 6) is 4.85. The molecule has 0 fully saturated rings. The molecule has 0 atom stereocenters. The number of ether oxygens (including phenoxy) is 2. The Hall–Kier alpha value is -2.86. The third-order valence-electron chi connectivity index (χ3n) is 4.00. The Labute approximate surface area is 186 Å². The minimum absolute atomic E-state index is 0.112. The van der Waals surface area contributed by atoms with Crippen LogP contribution in [0.5, 0.6) is 5.75 Å². The molecule has 0 unspecified atom stereocenters. The van der Waals surface area contributed by atoms with E-state index < -0.39 is 23.5 Å². The standard InChI is InChI=1S/C22H27FN2O5S/c1-22(2,3)30-21(28)24(4)10-5-7-16-8-9-19(17(23)13-16)29-12-6-11-25-15-31-14-18(25)20(26)27/h8-9,13-14H,6,10-12,15H2,1-4H3,(H,26,27). The summed E-state index contributed by atoms with van der Waals surface area (Å²) >= 11 is 1.43. The minimum atomic E-state index is -0.953. The van der Waals surface area contributed by atoms with Crippen LogP contribution in [0.2, 0.25) is 0 Å². The summed E-state index contributed by atoms with van der Waals surface area (Å²) in [6.45, 7) is 6.28. The SMILES string of the molecule is CN(CC#Cc1ccc(OCCCN2CSC=C2C(=O)O)c(F)c1)C(=O)OC(C)(C)C. The van der Waals surface area contributed by atoms with Gasteiger partial charge in [0.1, 0.15) is 11.3 Å². The molecule has 168 valence electrons. The molecule has 1 amide bonds. The van der Waals surface area contributed by atoms with Crippen LogP contribution in [-0.2, 0) is 9.53 Å². The van der Waals surface area contributed by atoms with Crippen LogP contribution in [0.15, 0.2) is 29.3 Å². The van der Waals surface area contributed by atoms with Crippen LogP contribution in [-0.4, -0.2) is 65.2 Å². The molecule has 0 radical (unpaired) electrons. The molecular formula is C22H27FN2O5S. The average molecular weight is 451 g/mol. The highest BCUT2D eigenvalue weighted by Crippen LogP contribution is 2.23. The monoisotopic (exact) mass is 450 g/mol. The number of carbonyl (C=O) groups excluding carboxylic acids is 1. The van der Waals surface area contributed by atoms with Gasteiger partial charge in [0, 0.05) is 24.6 Å². The molecule has 1 aliphatic heterocycles. The fourth-order valence-corrected chi connectivity index (χ4v) is 3.45. The van der Waals surface area contributed by atoms with Crippen LogP contribution >= 0.6 is 11.8 Å². The van der Waals surface area contributed by atoms with Gasteiger partial charge < -0.3 is 24.4 Å². The lowest BCUT2D eigenvalue weighted by atomic mass is 10.2. The summed E-state index contributed by atoms with van der Waals surface area (Å²) in [7, 11) is 1.58. The number of amides is 1. The van der Waals surface area contributed by atoms with Crippen LogP contribution in [0.25, 0.3) is 0 Å². The van der Waals surface area contributed by atoms with E-state index in [1.165, 1.54) is 28.8 Å². The first-order valence-corrected chi connectivity index (χ1v) is 10.8. The van der Waals surface area contributed by atoms with Gasteiger partial charge in [0.2, 0.25) is 0 Å². The highest BCUT2D eigenvalue weighted by Gasteiger charge is 2.21. The quantitative estimate of drug-likeness (QED) is 0.501. The van der Waals surface area contributed by atoms with Crippen LogP contribution in [0.1, 0.15) is 32.8 Å². The van der Waals surface area contributed by atoms with Crippen molar-refractivity contribution in [1.82, 2.24) is 9.80 Å². The van der Waals surface area contributed by atoms with Crippen molar-refractivity contribution < 1.29 is 28.6 Å². The Morgan fingerprint density at radius 1 is 1.35 bits per heavy atom. The van der Waals surface area contributed by atoms with Crippen molar-refractivity contribution in [1.29, 1.82) is 0 Å². The molecule has 0 aliphatic carbocycles. The van der Waals surface area contributed by atoms with Gasteiger partial charge in [0.15, 0.2) is 11.6 Å². The number of carbonyl (C=O) groups is 2. The Morgan fingerprint density at radius 2 is 2.10 bits per heavy atom. The molecule has 1 heterocycles. The van der Waals surface area contributed by atoms with Gasteiger partial charge in [-0.05, 0) is 45.4 Å². The Balaban J connectivity index is 1.80. The highest BCUT2D eigenvalue weighted by atomic mass is 32.2. The number of hydrogen-bond donors (Lipinski definition) is 1. The lowest BCUT2D eigenvalue weighted by Gasteiger charge is -2.23. The van der Waals surface area contributed by atoms with E-state index in [-0.39, 0.29) is 24.6 Å². The second-order valence-corrected chi connectivity index (χ2v) is 8.68. The summed E-state index contributed by atoms with van der Waals surface area (Å²) in [6, 6.07) is 4.42. The smallest absolute Gasteiger partial charge is 0.410 e. The van der Waals surface area contributed by atoms with Crippen molar-refractivity contribution in [3.63, 3.8) is 0 Å². The van der Waals surface area contributed by atoms with E-state index in [9.17, 15) is 14.0 Å². The van der Waals surface area contributed by atoms with Crippen LogP contribution in [0.4, 0.5) is 9.18 Å². The van der Waals surface area contributed by atoms with E-state index in [0.29, 0.717) is 24.4 Å². The van der Waals surface area contributed by atoms with Gasteiger partial charge >= 0.3 is 12.1 Å². The number of nitrogens with zero attached hydrogens (tertiary/aromatic N) is 2. The lowest BCUT2D eigenvalue weighted by Crippen LogP contribution is -2.34. The number of carboxylic acid groups (broad SMARTS) is 1. The fraction of sp³-hybridized carbons (Fsp3) is 0.455. The van der Waals surface area contributed by atoms with Crippen LogP contribution in [0.3, 0.4) is 0 Å². The van der Waals surface area contributed by atoms with Crippen LogP contribution < -0.4 is 4.74 Å². The van der Waals surface area contributed by atoms with Gasteiger partial charge in [-0.3, -0.25) is 0 Å². The number of benzene rings is 1. The molecule has 7 nitrogen and oxygen atoms in total. The normalized spacial score (nSPS) is 13.2. The third-order valence-corrected chi connectivity index (χ3v) is 4.85. The fourth-order valence-electron chi connectivity index (χ4n) is 2.52. The maximum atomic E-state index is 14.3. The molecule has 2 rings (SSSR count). The first-order chi connectivity index (χ1) is 14.6. The number of rotatable bonds is 7. The molecule has 0 spiro atoms. The molecule has 0 saturated carbocycles. The van der Waals surface area contributed by atoms with E-state index in [0.717, 1.165) is 0 Å². The number of thioether (sulfide) groups is 1. The van der Waals surface area contributed by atoms with E-state index in [4.69, 9.17) is 14.6 Å². The van der Waals surface area contributed by atoms with Crippen molar-refractivity contribution in [2.45, 2.75) is 32.8 Å². The van der Waals surface area contributed by atoms with Gasteiger partial charge in [-0.25, -0.2) is 14.0 Å². The Kier molecular flexibility index (Phi) is 8.63. The maximum Gasteiger partial charge on any atom is 0.410 e. The maximum absolute atomic E-state index is 14.3. The summed E-state index contributed by atoms with van der Waals surface area (Å²) in [6.07, 6.45) is 0.0821. The number of halogens is 1. The topological polar surface area (TPSA) is 79.3 Å². The molecule has 0 aromatic heterocycles. The van der Waals surface area contributed by atoms with Gasteiger partial charge in [-0.1, -0.05) is 11.8 Å². The summed E-state index contributed by atoms with van der Waals surface area (Å²) < 4.78 is 25.0. The average Bonchev–Trinajstić information content (AvgIpc) is 3.14. The predicted molar refractivity (Wildman–Crippen MR) is 117 cm³/mol. The van der Waals surface area contributed by atoms with Gasteiger partial charge in [-0.2, -0.15) is 0 Å². The van der Waals surface area contributed by atoms with E-state index in [1.54, 1.807) is 44.2 Å². The first-order valence-electron chi connectivity index (χ1n) is 9.72. The molecule has 9 heteroatoms. The Morgan fingerprint density at radius 3 is 2.74 bits per heavy atom. The molecule has 31 heavy (non-hydrogen) atoms. The van der Waals surface area contributed by atoms with Gasteiger partial charge in [-0.15, -0.1) is 11.8 Å². The van der Waals surface area contributed by atoms with E-state index in [1.807, 2.05) is 0 Å². The zero-order valence-corrected chi connectivity index (χ0v) is 18.9. The molecule has 1 aromatic rings. The van der Waals surface area contributed by atoms with Crippen molar-refractivity contribution in [3.8, 4) is 17.6 Å². The lowest BCUT2D eigenvalue weighted by molar-refractivity contribution is -0.134. The minimum Gasteiger partial charge on any atom is -0.490 e. The van der Waals surface area contributed by atoms with Gasteiger partial charge in [0.25, 0.3) is 0 Å². The molecule has 1 aliphatic rings. The summed E-state index contributed by atoms with van der Waals surface area (Å²) in [4.78, 5) is 26.1. The second kappa shape index (κ2) is 11.0. The van der Waals surface area contributed by atoms with Crippen molar-refractivity contribution >= 4 is 23.8 Å². The number of aliphatic carboxylic acids is 1. The zero-order valence-electron chi connectivity index (χ0n) is 18.1. The summed E-state index contributed by atoms with van der Waals surface area (Å²) in [5, 5.41) is 10.7. The van der Waals surface area contributed by atoms with Gasteiger partial charge in [0.05, 0.1) is 19.0 Å². The third kappa shape index (κ3) is 8.06. The van der Waals surface area contributed by atoms with Crippen LogP contribution in [0, 0.1) is 17.7 Å². The predicted octanol–water partition coefficient (Wildman–Crippen LogP) is 3.75. The highest BCUT2D eigenvalue weighted by molar-refractivity contribution is 8.02. The number of carboxylic acids is 1. The van der Waals surface area contributed by atoms with E-state index >= 15 is 0 Å².